The van der Waals surface area contributed by atoms with Crippen LogP contribution in [-0.2, 0) is 22.6 Å². The van der Waals surface area contributed by atoms with E-state index in [0.717, 1.165) is 94.4 Å². The molecule has 5 rings (SSSR count). The molecule has 8 heteroatoms. The van der Waals surface area contributed by atoms with E-state index in [1.165, 1.54) is 0 Å². The lowest BCUT2D eigenvalue weighted by Gasteiger charge is -2.41. The lowest BCUT2D eigenvalue weighted by Crippen LogP contribution is -2.53. The summed E-state index contributed by atoms with van der Waals surface area (Å²) in [5.41, 5.74) is 2.33. The van der Waals surface area contributed by atoms with E-state index in [4.69, 9.17) is 4.74 Å². The van der Waals surface area contributed by atoms with Gasteiger partial charge in [0.25, 0.3) is 0 Å². The molecule has 1 spiro atoms. The minimum absolute atomic E-state index is 0.0256. The number of nitrogens with zero attached hydrogens (tertiary/aromatic N) is 2. The van der Waals surface area contributed by atoms with Crippen LogP contribution in [0.2, 0.25) is 0 Å². The summed E-state index contributed by atoms with van der Waals surface area (Å²) >= 11 is 0. The summed E-state index contributed by atoms with van der Waals surface area (Å²) in [4.78, 5) is 30.8. The number of para-hydroxylation sites is 1. The van der Waals surface area contributed by atoms with Crippen molar-refractivity contribution in [2.75, 3.05) is 44.2 Å². The molecule has 3 aliphatic rings. The Morgan fingerprint density at radius 3 is 2.52 bits per heavy atom. The van der Waals surface area contributed by atoms with Gasteiger partial charge in [0, 0.05) is 19.6 Å². The van der Waals surface area contributed by atoms with Gasteiger partial charge in [0.1, 0.15) is 24.2 Å². The van der Waals surface area contributed by atoms with E-state index in [1.54, 1.807) is 13.0 Å². The maximum atomic E-state index is 14.9. The van der Waals surface area contributed by atoms with Crippen molar-refractivity contribution in [3.05, 3.63) is 59.4 Å². The molecule has 2 aromatic rings. The molecule has 0 unspecified atom stereocenters. The first-order valence-corrected chi connectivity index (χ1v) is 15.0. The summed E-state index contributed by atoms with van der Waals surface area (Å²) in [5, 5.41) is 5.90. The zero-order valence-corrected chi connectivity index (χ0v) is 23.7. The fraction of sp³-hybridized carbons (Fsp3) is 0.562. The van der Waals surface area contributed by atoms with Crippen molar-refractivity contribution in [3.8, 4) is 5.75 Å². The van der Waals surface area contributed by atoms with Crippen LogP contribution in [0, 0.1) is 11.2 Å². The molecule has 0 aromatic heterocycles. The molecule has 0 aliphatic carbocycles. The smallest absolute Gasteiger partial charge is 0.242 e. The van der Waals surface area contributed by atoms with Gasteiger partial charge in [-0.25, -0.2) is 4.39 Å². The molecule has 3 heterocycles. The molecule has 7 nitrogen and oxygen atoms in total. The zero-order chi connectivity index (χ0) is 28.0. The first kappa shape index (κ1) is 28.4. The van der Waals surface area contributed by atoms with Crippen molar-refractivity contribution in [2.45, 2.75) is 70.9 Å². The molecule has 1 atom stereocenters. The quantitative estimate of drug-likeness (QED) is 0.592. The molecule has 0 saturated carbocycles. The molecule has 0 bridgehead atoms. The molecule has 2 N–H and O–H groups in total. The number of anilines is 1. The van der Waals surface area contributed by atoms with Gasteiger partial charge >= 0.3 is 0 Å². The van der Waals surface area contributed by atoms with E-state index in [2.05, 4.69) is 26.5 Å². The van der Waals surface area contributed by atoms with E-state index in [1.807, 2.05) is 30.3 Å². The number of piperidine rings is 1. The molecule has 2 amide bonds. The van der Waals surface area contributed by atoms with Gasteiger partial charge in [-0.05, 0) is 94.3 Å². The third-order valence-electron chi connectivity index (χ3n) is 8.88. The van der Waals surface area contributed by atoms with Crippen LogP contribution in [0.15, 0.2) is 42.5 Å². The maximum Gasteiger partial charge on any atom is 0.242 e. The van der Waals surface area contributed by atoms with Gasteiger partial charge in [-0.3, -0.25) is 14.5 Å². The number of hydrogen-bond donors (Lipinski definition) is 2. The monoisotopic (exact) mass is 550 g/mol. The summed E-state index contributed by atoms with van der Waals surface area (Å²) < 4.78 is 20.8. The van der Waals surface area contributed by atoms with Crippen molar-refractivity contribution in [1.82, 2.24) is 15.5 Å². The number of carbonyl (C=O) groups is 2. The maximum absolute atomic E-state index is 14.9. The molecule has 40 heavy (non-hydrogen) atoms. The number of aryl methyl sites for hydroxylation is 1. The minimum atomic E-state index is -0.614. The number of hydrogen-bond acceptors (Lipinski definition) is 5. The van der Waals surface area contributed by atoms with Crippen LogP contribution < -0.4 is 20.3 Å². The molecular formula is C32H43FN4O3. The third-order valence-corrected chi connectivity index (χ3v) is 8.88. The Labute approximate surface area is 237 Å². The average Bonchev–Trinajstić information content (AvgIpc) is 3.49. The fourth-order valence-electron chi connectivity index (χ4n) is 6.38. The Kier molecular flexibility index (Phi) is 9.25. The topological polar surface area (TPSA) is 73.9 Å². The van der Waals surface area contributed by atoms with Gasteiger partial charge in [0.15, 0.2) is 0 Å². The van der Waals surface area contributed by atoms with Crippen LogP contribution >= 0.6 is 0 Å². The molecule has 2 aromatic carbocycles. The average molecular weight is 551 g/mol. The highest BCUT2D eigenvalue weighted by Gasteiger charge is 2.41. The van der Waals surface area contributed by atoms with Crippen LogP contribution in [0.3, 0.4) is 0 Å². The number of rotatable bonds is 3. The standard InChI is InChI=1S/C32H43FN4O3/c1-24-30(38)34-16-21-40-29-10-3-2-8-26(29)9-4-5-13-32(31(39)35-24)14-19-36(20-15-32)23-25-11-12-28(27(33)22-25)37-17-6-7-18-37/h2-3,8,10-12,22,24H,4-7,9,13-21,23H2,1H3,(H,34,38)(H,35,39)/t24-/m0/s1. The van der Waals surface area contributed by atoms with E-state index < -0.39 is 11.5 Å². The number of amides is 2. The summed E-state index contributed by atoms with van der Waals surface area (Å²) in [6.45, 7) is 6.55. The second-order valence-corrected chi connectivity index (χ2v) is 11.7. The van der Waals surface area contributed by atoms with Crippen molar-refractivity contribution < 1.29 is 18.7 Å². The molecule has 3 aliphatic heterocycles. The normalized spacial score (nSPS) is 22.9. The Morgan fingerprint density at radius 1 is 0.975 bits per heavy atom. The van der Waals surface area contributed by atoms with Gasteiger partial charge in [-0.15, -0.1) is 0 Å². The van der Waals surface area contributed by atoms with Gasteiger partial charge in [0.2, 0.25) is 11.8 Å². The zero-order valence-electron chi connectivity index (χ0n) is 23.7. The largest absolute Gasteiger partial charge is 0.491 e. The molecular weight excluding hydrogens is 507 g/mol. The number of ether oxygens (including phenoxy) is 1. The number of carbonyl (C=O) groups excluding carboxylic acids is 2. The van der Waals surface area contributed by atoms with Crippen LogP contribution in [0.4, 0.5) is 10.1 Å². The van der Waals surface area contributed by atoms with Crippen LogP contribution in [0.1, 0.15) is 63.0 Å². The molecule has 2 fully saturated rings. The molecule has 0 radical (unpaired) electrons. The van der Waals surface area contributed by atoms with Crippen molar-refractivity contribution >= 4 is 17.5 Å². The summed E-state index contributed by atoms with van der Waals surface area (Å²) in [6, 6.07) is 13.1. The van der Waals surface area contributed by atoms with Crippen molar-refractivity contribution in [3.63, 3.8) is 0 Å². The first-order valence-electron chi connectivity index (χ1n) is 15.0. The minimum Gasteiger partial charge on any atom is -0.491 e. The van der Waals surface area contributed by atoms with Crippen LogP contribution in [0.5, 0.6) is 5.75 Å². The number of fused-ring (bicyclic) bond motifs is 1. The Hall–Kier alpha value is -3.13. The SMILES string of the molecule is C[C@@H]1NC(=O)C2(CCCCc3ccccc3OCCNC1=O)CCN(Cc1ccc(N3CCCC3)c(F)c1)CC2. The van der Waals surface area contributed by atoms with Gasteiger partial charge in [-0.2, -0.15) is 0 Å². The second kappa shape index (κ2) is 13.0. The number of halogens is 1. The van der Waals surface area contributed by atoms with E-state index in [9.17, 15) is 14.0 Å². The van der Waals surface area contributed by atoms with Crippen LogP contribution in [-0.4, -0.2) is 62.1 Å². The number of likely N-dealkylation sites (tertiary alicyclic amines) is 1. The lowest BCUT2D eigenvalue weighted by molar-refractivity contribution is -0.138. The summed E-state index contributed by atoms with van der Waals surface area (Å²) in [5.74, 6) is 0.490. The second-order valence-electron chi connectivity index (χ2n) is 11.7. The highest BCUT2D eigenvalue weighted by atomic mass is 19.1. The third kappa shape index (κ3) is 6.77. The molecule has 2 saturated heterocycles. The fourth-order valence-corrected chi connectivity index (χ4v) is 6.38. The summed E-state index contributed by atoms with van der Waals surface area (Å²) in [6.07, 6.45) is 7.25. The van der Waals surface area contributed by atoms with Crippen LogP contribution in [0.25, 0.3) is 0 Å². The van der Waals surface area contributed by atoms with E-state index in [0.29, 0.717) is 25.4 Å². The lowest BCUT2D eigenvalue weighted by atomic mass is 9.73. The Bertz CT molecular complexity index is 1170. The van der Waals surface area contributed by atoms with Gasteiger partial charge in [0.05, 0.1) is 17.6 Å². The van der Waals surface area contributed by atoms with Crippen molar-refractivity contribution in [2.24, 2.45) is 5.41 Å². The number of benzene rings is 2. The predicted octanol–water partition coefficient (Wildman–Crippen LogP) is 4.43. The highest BCUT2D eigenvalue weighted by molar-refractivity contribution is 5.90. The van der Waals surface area contributed by atoms with Gasteiger partial charge in [-0.1, -0.05) is 30.7 Å². The number of nitrogens with one attached hydrogen (secondary N) is 2. The summed E-state index contributed by atoms with van der Waals surface area (Å²) in [7, 11) is 0. The van der Waals surface area contributed by atoms with E-state index >= 15 is 0 Å². The molecule has 216 valence electrons. The van der Waals surface area contributed by atoms with Crippen molar-refractivity contribution in [1.29, 1.82) is 0 Å². The Morgan fingerprint density at radius 2 is 1.75 bits per heavy atom. The Balaban J connectivity index is 1.24. The van der Waals surface area contributed by atoms with Gasteiger partial charge < -0.3 is 20.3 Å². The van der Waals surface area contributed by atoms with E-state index in [-0.39, 0.29) is 17.6 Å². The predicted molar refractivity (Wildman–Crippen MR) is 155 cm³/mol. The first-order chi connectivity index (χ1) is 19.4. The highest BCUT2D eigenvalue weighted by Crippen LogP contribution is 2.38.